The Labute approximate surface area is 114 Å². The van der Waals surface area contributed by atoms with Crippen molar-refractivity contribution < 1.29 is 4.79 Å². The van der Waals surface area contributed by atoms with Gasteiger partial charge in [-0.15, -0.1) is 0 Å². The topological polar surface area (TPSA) is 58.1 Å². The van der Waals surface area contributed by atoms with Crippen LogP contribution in [0, 0.1) is 12.8 Å². The average molecular weight is 262 g/mol. The molecule has 0 unspecified atom stereocenters. The van der Waals surface area contributed by atoms with Gasteiger partial charge >= 0.3 is 0 Å². The predicted octanol–water partition coefficient (Wildman–Crippen LogP) is 1.66. The van der Waals surface area contributed by atoms with E-state index in [2.05, 4.69) is 15.3 Å². The Hall–Kier alpha value is -1.65. The quantitative estimate of drug-likeness (QED) is 0.896. The third-order valence-corrected chi connectivity index (χ3v) is 3.49. The van der Waals surface area contributed by atoms with Crippen LogP contribution in [0.25, 0.3) is 0 Å². The van der Waals surface area contributed by atoms with Crippen LogP contribution in [-0.2, 0) is 11.3 Å². The summed E-state index contributed by atoms with van der Waals surface area (Å²) in [6, 6.07) is 1.93. The molecule has 0 radical (unpaired) electrons. The smallest absolute Gasteiger partial charge is 0.223 e. The normalized spacial score (nSPS) is 15.5. The van der Waals surface area contributed by atoms with E-state index in [4.69, 9.17) is 0 Å². The molecule has 1 saturated carbocycles. The van der Waals surface area contributed by atoms with Gasteiger partial charge in [0.15, 0.2) is 0 Å². The summed E-state index contributed by atoms with van der Waals surface area (Å²) in [6.07, 6.45) is 4.38. The molecule has 19 heavy (non-hydrogen) atoms. The molecule has 0 aromatic carbocycles. The third kappa shape index (κ3) is 3.66. The second kappa shape index (κ2) is 5.99. The first-order valence-electron chi connectivity index (χ1n) is 6.86. The molecule has 5 nitrogen and oxygen atoms in total. The van der Waals surface area contributed by atoms with Gasteiger partial charge in [-0.05, 0) is 19.8 Å². The summed E-state index contributed by atoms with van der Waals surface area (Å²) in [5.74, 6) is 1.89. The molecule has 0 bridgehead atoms. The molecule has 1 aromatic rings. The third-order valence-electron chi connectivity index (χ3n) is 3.49. The van der Waals surface area contributed by atoms with Gasteiger partial charge in [-0.2, -0.15) is 0 Å². The van der Waals surface area contributed by atoms with E-state index in [1.54, 1.807) is 0 Å². The predicted molar refractivity (Wildman–Crippen MR) is 74.9 cm³/mol. The van der Waals surface area contributed by atoms with Crippen molar-refractivity contribution in [2.75, 3.05) is 19.0 Å². The monoisotopic (exact) mass is 262 g/mol. The Balaban J connectivity index is 1.97. The van der Waals surface area contributed by atoms with Gasteiger partial charge in [0.05, 0.1) is 6.54 Å². The first-order valence-corrected chi connectivity index (χ1v) is 6.86. The van der Waals surface area contributed by atoms with Crippen molar-refractivity contribution in [1.82, 2.24) is 15.3 Å². The Morgan fingerprint density at radius 2 is 2.05 bits per heavy atom. The number of hydrogen-bond donors (Lipinski definition) is 1. The van der Waals surface area contributed by atoms with Crippen LogP contribution in [0.15, 0.2) is 6.07 Å². The van der Waals surface area contributed by atoms with Gasteiger partial charge in [0.2, 0.25) is 5.91 Å². The first kappa shape index (κ1) is 13.8. The lowest BCUT2D eigenvalue weighted by Crippen LogP contribution is -2.29. The first-order chi connectivity index (χ1) is 9.06. The molecule has 0 spiro atoms. The van der Waals surface area contributed by atoms with Crippen LogP contribution in [-0.4, -0.2) is 30.0 Å². The molecule has 1 aliphatic carbocycles. The number of nitrogens with one attached hydrogen (secondary N) is 1. The van der Waals surface area contributed by atoms with E-state index in [9.17, 15) is 4.79 Å². The molecule has 104 valence electrons. The molecule has 1 heterocycles. The van der Waals surface area contributed by atoms with Crippen molar-refractivity contribution in [3.8, 4) is 0 Å². The number of aryl methyl sites for hydroxylation is 1. The van der Waals surface area contributed by atoms with Gasteiger partial charge in [0.25, 0.3) is 0 Å². The fourth-order valence-electron chi connectivity index (χ4n) is 2.42. The van der Waals surface area contributed by atoms with E-state index in [-0.39, 0.29) is 11.8 Å². The van der Waals surface area contributed by atoms with Crippen LogP contribution in [0.2, 0.25) is 0 Å². The molecule has 1 N–H and O–H groups in total. The maximum atomic E-state index is 11.9. The minimum Gasteiger partial charge on any atom is -0.363 e. The summed E-state index contributed by atoms with van der Waals surface area (Å²) in [6.45, 7) is 2.36. The summed E-state index contributed by atoms with van der Waals surface area (Å²) in [7, 11) is 3.89. The van der Waals surface area contributed by atoms with Crippen molar-refractivity contribution in [2.45, 2.75) is 39.2 Å². The van der Waals surface area contributed by atoms with Crippen LogP contribution in [0.1, 0.15) is 37.2 Å². The second-order valence-corrected chi connectivity index (χ2v) is 5.38. The number of hydrogen-bond acceptors (Lipinski definition) is 4. The minimum atomic E-state index is 0.147. The van der Waals surface area contributed by atoms with E-state index in [1.807, 2.05) is 32.0 Å². The van der Waals surface area contributed by atoms with E-state index in [0.717, 1.165) is 24.4 Å². The lowest BCUT2D eigenvalue weighted by Gasteiger charge is -2.14. The van der Waals surface area contributed by atoms with Crippen LogP contribution < -0.4 is 10.2 Å². The molecule has 1 aromatic heterocycles. The maximum Gasteiger partial charge on any atom is 0.223 e. The molecule has 0 aliphatic heterocycles. The number of rotatable bonds is 4. The zero-order valence-electron chi connectivity index (χ0n) is 11.9. The van der Waals surface area contributed by atoms with Crippen LogP contribution >= 0.6 is 0 Å². The summed E-state index contributed by atoms with van der Waals surface area (Å²) < 4.78 is 0. The number of carbonyl (C=O) groups is 1. The Morgan fingerprint density at radius 1 is 1.37 bits per heavy atom. The highest BCUT2D eigenvalue weighted by Crippen LogP contribution is 2.24. The van der Waals surface area contributed by atoms with Gasteiger partial charge in [-0.1, -0.05) is 12.8 Å². The number of carbonyl (C=O) groups excluding carboxylic acids is 1. The highest BCUT2D eigenvalue weighted by Gasteiger charge is 2.22. The van der Waals surface area contributed by atoms with Crippen LogP contribution in [0.3, 0.4) is 0 Å². The Morgan fingerprint density at radius 3 is 2.68 bits per heavy atom. The van der Waals surface area contributed by atoms with E-state index >= 15 is 0 Å². The van der Waals surface area contributed by atoms with Gasteiger partial charge in [0.1, 0.15) is 11.6 Å². The van der Waals surface area contributed by atoms with Crippen LogP contribution in [0.5, 0.6) is 0 Å². The van der Waals surface area contributed by atoms with Crippen molar-refractivity contribution in [3.63, 3.8) is 0 Å². The number of amides is 1. The maximum absolute atomic E-state index is 11.9. The van der Waals surface area contributed by atoms with Crippen molar-refractivity contribution >= 4 is 11.7 Å². The molecular formula is C14H22N4O. The molecule has 1 aliphatic rings. The van der Waals surface area contributed by atoms with Crippen molar-refractivity contribution in [2.24, 2.45) is 5.92 Å². The lowest BCUT2D eigenvalue weighted by molar-refractivity contribution is -0.125. The molecule has 1 fully saturated rings. The largest absolute Gasteiger partial charge is 0.363 e. The average Bonchev–Trinajstić information content (AvgIpc) is 2.89. The van der Waals surface area contributed by atoms with Gasteiger partial charge < -0.3 is 10.2 Å². The molecule has 5 heteroatoms. The molecule has 0 saturated heterocycles. The highest BCUT2D eigenvalue weighted by molar-refractivity contribution is 5.78. The number of aromatic nitrogens is 2. The second-order valence-electron chi connectivity index (χ2n) is 5.38. The van der Waals surface area contributed by atoms with Gasteiger partial charge in [-0.25, -0.2) is 9.97 Å². The SMILES string of the molecule is Cc1cc(N(C)C)nc(CNC(=O)C2CCCC2)n1. The van der Waals surface area contributed by atoms with E-state index in [0.29, 0.717) is 12.4 Å². The van der Waals surface area contributed by atoms with Crippen molar-refractivity contribution in [3.05, 3.63) is 17.6 Å². The fourth-order valence-corrected chi connectivity index (χ4v) is 2.42. The standard InChI is InChI=1S/C14H22N4O/c1-10-8-13(18(2)3)17-12(16-10)9-15-14(19)11-6-4-5-7-11/h8,11H,4-7,9H2,1-3H3,(H,15,19). The summed E-state index contributed by atoms with van der Waals surface area (Å²) in [5.41, 5.74) is 0.920. The fraction of sp³-hybridized carbons (Fsp3) is 0.643. The summed E-state index contributed by atoms with van der Waals surface area (Å²) in [4.78, 5) is 22.7. The number of anilines is 1. The minimum absolute atomic E-state index is 0.147. The zero-order chi connectivity index (χ0) is 13.8. The van der Waals surface area contributed by atoms with Gasteiger partial charge in [-0.3, -0.25) is 4.79 Å². The highest BCUT2D eigenvalue weighted by atomic mass is 16.1. The molecular weight excluding hydrogens is 240 g/mol. The van der Waals surface area contributed by atoms with E-state index in [1.165, 1.54) is 12.8 Å². The Bertz CT molecular complexity index is 453. The van der Waals surface area contributed by atoms with E-state index < -0.39 is 0 Å². The molecule has 2 rings (SSSR count). The Kier molecular flexibility index (Phi) is 4.35. The number of nitrogens with zero attached hydrogens (tertiary/aromatic N) is 3. The summed E-state index contributed by atoms with van der Waals surface area (Å²) >= 11 is 0. The summed E-state index contributed by atoms with van der Waals surface area (Å²) in [5, 5.41) is 2.95. The van der Waals surface area contributed by atoms with Crippen LogP contribution in [0.4, 0.5) is 5.82 Å². The van der Waals surface area contributed by atoms with Crippen molar-refractivity contribution in [1.29, 1.82) is 0 Å². The zero-order valence-corrected chi connectivity index (χ0v) is 11.9. The molecule has 1 amide bonds. The lowest BCUT2D eigenvalue weighted by atomic mass is 10.1. The van der Waals surface area contributed by atoms with Gasteiger partial charge in [0, 0.05) is 31.8 Å². The molecule has 0 atom stereocenters.